The molecular formula is C17H23N3O3S. The van der Waals surface area contributed by atoms with Gasteiger partial charge in [-0.1, -0.05) is 30.3 Å². The lowest BCUT2D eigenvalue weighted by atomic mass is 10.1. The zero-order chi connectivity index (χ0) is 17.0. The molecule has 1 aliphatic heterocycles. The molecule has 1 aliphatic rings. The van der Waals surface area contributed by atoms with Crippen molar-refractivity contribution in [2.24, 2.45) is 5.92 Å². The van der Waals surface area contributed by atoms with Gasteiger partial charge < -0.3 is 9.30 Å². The van der Waals surface area contributed by atoms with Crippen LogP contribution in [0.3, 0.4) is 0 Å². The number of sulfonamides is 1. The van der Waals surface area contributed by atoms with E-state index in [0.29, 0.717) is 26.3 Å². The number of aromatic nitrogens is 2. The lowest BCUT2D eigenvalue weighted by Gasteiger charge is -2.23. The van der Waals surface area contributed by atoms with E-state index in [2.05, 4.69) is 4.98 Å². The first kappa shape index (κ1) is 17.1. The lowest BCUT2D eigenvalue weighted by Crippen LogP contribution is -2.36. The Hall–Kier alpha value is -1.70. The highest BCUT2D eigenvalue weighted by atomic mass is 32.2. The van der Waals surface area contributed by atoms with Crippen molar-refractivity contribution in [3.63, 3.8) is 0 Å². The first-order valence-electron chi connectivity index (χ1n) is 8.18. The SMILES string of the molecule is CCOC[C@H]1CN(S(=O)(=O)Cc2ccccc2)Cc2nccn2C1. The van der Waals surface area contributed by atoms with E-state index in [0.717, 1.165) is 17.9 Å². The van der Waals surface area contributed by atoms with Crippen molar-refractivity contribution in [2.45, 2.75) is 25.8 Å². The number of hydrogen-bond acceptors (Lipinski definition) is 4. The van der Waals surface area contributed by atoms with Gasteiger partial charge in [-0.25, -0.2) is 13.4 Å². The van der Waals surface area contributed by atoms with Crippen LogP contribution in [-0.2, 0) is 33.6 Å². The van der Waals surface area contributed by atoms with Crippen LogP contribution in [0.1, 0.15) is 18.3 Å². The quantitative estimate of drug-likeness (QED) is 0.799. The number of ether oxygens (including phenoxy) is 1. The molecule has 130 valence electrons. The summed E-state index contributed by atoms with van der Waals surface area (Å²) in [6, 6.07) is 9.29. The maximum absolute atomic E-state index is 12.9. The fourth-order valence-electron chi connectivity index (χ4n) is 2.98. The van der Waals surface area contributed by atoms with Gasteiger partial charge in [-0.2, -0.15) is 4.31 Å². The number of fused-ring (bicyclic) bond motifs is 1. The third kappa shape index (κ3) is 4.03. The van der Waals surface area contributed by atoms with Gasteiger partial charge in [0.2, 0.25) is 10.0 Å². The molecule has 3 rings (SSSR count). The molecule has 0 saturated heterocycles. The molecule has 0 N–H and O–H groups in total. The number of imidazole rings is 1. The van der Waals surface area contributed by atoms with Crippen molar-refractivity contribution < 1.29 is 13.2 Å². The van der Waals surface area contributed by atoms with E-state index >= 15 is 0 Å². The molecule has 2 aromatic rings. The van der Waals surface area contributed by atoms with Gasteiger partial charge in [-0.15, -0.1) is 0 Å². The Kier molecular flexibility index (Phi) is 5.33. The van der Waals surface area contributed by atoms with Crippen molar-refractivity contribution in [1.29, 1.82) is 0 Å². The molecule has 1 atom stereocenters. The molecule has 0 bridgehead atoms. The molecular weight excluding hydrogens is 326 g/mol. The summed E-state index contributed by atoms with van der Waals surface area (Å²) in [5.41, 5.74) is 0.798. The molecule has 7 heteroatoms. The third-order valence-electron chi connectivity index (χ3n) is 4.18. The van der Waals surface area contributed by atoms with Crippen molar-refractivity contribution >= 4 is 10.0 Å². The number of hydrogen-bond donors (Lipinski definition) is 0. The van der Waals surface area contributed by atoms with Gasteiger partial charge in [0, 0.05) is 38.0 Å². The zero-order valence-corrected chi connectivity index (χ0v) is 14.7. The van der Waals surface area contributed by atoms with E-state index in [1.165, 1.54) is 0 Å². The second-order valence-corrected chi connectivity index (χ2v) is 8.02. The number of rotatable bonds is 6. The van der Waals surface area contributed by atoms with Gasteiger partial charge in [-0.3, -0.25) is 0 Å². The van der Waals surface area contributed by atoms with Crippen molar-refractivity contribution in [2.75, 3.05) is 19.8 Å². The van der Waals surface area contributed by atoms with Crippen molar-refractivity contribution in [3.8, 4) is 0 Å². The molecule has 24 heavy (non-hydrogen) atoms. The number of nitrogens with zero attached hydrogens (tertiary/aromatic N) is 3. The molecule has 2 heterocycles. The topological polar surface area (TPSA) is 64.4 Å². The van der Waals surface area contributed by atoms with Crippen LogP contribution in [0.15, 0.2) is 42.7 Å². The summed E-state index contributed by atoms with van der Waals surface area (Å²) in [6.45, 7) is 4.62. The Bertz CT molecular complexity index is 758. The average molecular weight is 349 g/mol. The van der Waals surface area contributed by atoms with Crippen LogP contribution in [-0.4, -0.2) is 42.0 Å². The fraction of sp³-hybridized carbons (Fsp3) is 0.471. The van der Waals surface area contributed by atoms with Gasteiger partial charge in [0.25, 0.3) is 0 Å². The summed E-state index contributed by atoms with van der Waals surface area (Å²) < 4.78 is 34.9. The first-order valence-corrected chi connectivity index (χ1v) is 9.79. The second kappa shape index (κ2) is 7.46. The minimum absolute atomic E-state index is 0.00982. The maximum atomic E-state index is 12.9. The second-order valence-electron chi connectivity index (χ2n) is 6.06. The van der Waals surface area contributed by atoms with Gasteiger partial charge in [0.05, 0.1) is 18.9 Å². The van der Waals surface area contributed by atoms with Crippen LogP contribution < -0.4 is 0 Å². The van der Waals surface area contributed by atoms with Gasteiger partial charge >= 0.3 is 0 Å². The van der Waals surface area contributed by atoms with Crippen LogP contribution in [0.2, 0.25) is 0 Å². The van der Waals surface area contributed by atoms with Gasteiger partial charge in [0.1, 0.15) is 5.82 Å². The van der Waals surface area contributed by atoms with E-state index in [-0.39, 0.29) is 11.7 Å². The summed E-state index contributed by atoms with van der Waals surface area (Å²) in [5.74, 6) is 0.909. The summed E-state index contributed by atoms with van der Waals surface area (Å²) in [6.07, 6.45) is 3.63. The predicted molar refractivity (Wildman–Crippen MR) is 91.7 cm³/mol. The minimum Gasteiger partial charge on any atom is -0.381 e. The fourth-order valence-corrected chi connectivity index (χ4v) is 4.53. The molecule has 0 saturated carbocycles. The van der Waals surface area contributed by atoms with Crippen molar-refractivity contribution in [1.82, 2.24) is 13.9 Å². The molecule has 0 amide bonds. The number of benzene rings is 1. The summed E-state index contributed by atoms with van der Waals surface area (Å²) in [7, 11) is -3.41. The normalized spacial score (nSPS) is 19.0. The van der Waals surface area contributed by atoms with Crippen LogP contribution in [0.4, 0.5) is 0 Å². The molecule has 0 spiro atoms. The molecule has 0 aliphatic carbocycles. The van der Waals surface area contributed by atoms with Crippen LogP contribution >= 0.6 is 0 Å². The molecule has 0 radical (unpaired) electrons. The maximum Gasteiger partial charge on any atom is 0.218 e. The van der Waals surface area contributed by atoms with E-state index in [9.17, 15) is 8.42 Å². The highest BCUT2D eigenvalue weighted by Gasteiger charge is 2.30. The third-order valence-corrected chi connectivity index (χ3v) is 5.94. The van der Waals surface area contributed by atoms with Gasteiger partial charge in [0.15, 0.2) is 0 Å². The van der Waals surface area contributed by atoms with E-state index < -0.39 is 10.0 Å². The van der Waals surface area contributed by atoms with Gasteiger partial charge in [-0.05, 0) is 12.5 Å². The average Bonchev–Trinajstić information content (AvgIpc) is 2.91. The Morgan fingerprint density at radius 3 is 2.79 bits per heavy atom. The summed E-state index contributed by atoms with van der Waals surface area (Å²) >= 11 is 0. The molecule has 1 aromatic carbocycles. The molecule has 0 unspecified atom stereocenters. The summed E-state index contributed by atoms with van der Waals surface area (Å²) in [4.78, 5) is 4.32. The Labute approximate surface area is 143 Å². The molecule has 1 aromatic heterocycles. The Morgan fingerprint density at radius 1 is 1.25 bits per heavy atom. The Morgan fingerprint density at radius 2 is 2.04 bits per heavy atom. The molecule has 6 nitrogen and oxygen atoms in total. The standard InChI is InChI=1S/C17H23N3O3S/c1-2-23-13-16-10-19-9-8-18-17(19)12-20(11-16)24(21,22)14-15-6-4-3-5-7-15/h3-9,16H,2,10-14H2,1H3/t16-/m1/s1. The van der Waals surface area contributed by atoms with Crippen LogP contribution in [0.25, 0.3) is 0 Å². The van der Waals surface area contributed by atoms with Crippen LogP contribution in [0.5, 0.6) is 0 Å². The largest absolute Gasteiger partial charge is 0.381 e. The van der Waals surface area contributed by atoms with Crippen LogP contribution in [0, 0.1) is 5.92 Å². The highest BCUT2D eigenvalue weighted by molar-refractivity contribution is 7.88. The zero-order valence-electron chi connectivity index (χ0n) is 13.8. The smallest absolute Gasteiger partial charge is 0.218 e. The predicted octanol–water partition coefficient (Wildman–Crippen LogP) is 1.88. The summed E-state index contributed by atoms with van der Waals surface area (Å²) in [5, 5.41) is 0. The van der Waals surface area contributed by atoms with E-state index in [1.54, 1.807) is 10.5 Å². The highest BCUT2D eigenvalue weighted by Crippen LogP contribution is 2.21. The Balaban J connectivity index is 1.82. The first-order chi connectivity index (χ1) is 11.6. The van der Waals surface area contributed by atoms with E-state index in [4.69, 9.17) is 4.74 Å². The minimum atomic E-state index is -3.41. The molecule has 0 fully saturated rings. The monoisotopic (exact) mass is 349 g/mol. The van der Waals surface area contributed by atoms with E-state index in [1.807, 2.05) is 48.0 Å². The lowest BCUT2D eigenvalue weighted by molar-refractivity contribution is 0.0978. The van der Waals surface area contributed by atoms with Crippen molar-refractivity contribution in [3.05, 3.63) is 54.1 Å².